The molecule has 0 amide bonds. The molecule has 2 aliphatic rings. The van der Waals surface area contributed by atoms with Crippen LogP contribution < -0.4 is 9.80 Å². The molecule has 6 aromatic carbocycles. The Labute approximate surface area is 359 Å². The third-order valence-electron chi connectivity index (χ3n) is 11.3. The summed E-state index contributed by atoms with van der Waals surface area (Å²) in [5.41, 5.74) is 13.4. The van der Waals surface area contributed by atoms with Gasteiger partial charge in [-0.05, 0) is 129 Å². The number of anilines is 4. The van der Waals surface area contributed by atoms with Gasteiger partial charge in [-0.3, -0.25) is 4.98 Å². The zero-order chi connectivity index (χ0) is 42.2. The molecule has 0 aliphatic carbocycles. The second kappa shape index (κ2) is 19.8. The number of pyridine rings is 1. The summed E-state index contributed by atoms with van der Waals surface area (Å²) in [5, 5.41) is 3.78. The van der Waals surface area contributed by atoms with Gasteiger partial charge in [-0.2, -0.15) is 0 Å². The SMILES string of the molecule is CC.CC1Cc2ccccc2N(C(C)C)c2ccccc21.CCc1ccc2c(c1)Sc1ccccc1N2C(C)C.CCc1ccc2c(ccc3ccc(C(C)C)nc32)c1. The number of para-hydroxylation sites is 3. The van der Waals surface area contributed by atoms with Gasteiger partial charge in [0.05, 0.1) is 16.9 Å². The Bertz CT molecular complexity index is 2480. The van der Waals surface area contributed by atoms with Crippen molar-refractivity contribution in [2.45, 2.75) is 129 Å². The van der Waals surface area contributed by atoms with E-state index in [1.54, 1.807) is 0 Å². The largest absolute Gasteiger partial charge is 0.338 e. The molecule has 0 spiro atoms. The first-order valence-corrected chi connectivity index (χ1v) is 22.9. The average Bonchev–Trinajstić information content (AvgIpc) is 3.39. The summed E-state index contributed by atoms with van der Waals surface area (Å²) in [6.07, 6.45) is 3.29. The van der Waals surface area contributed by atoms with Crippen LogP contribution in [0.2, 0.25) is 0 Å². The molecule has 306 valence electrons. The lowest BCUT2D eigenvalue weighted by Gasteiger charge is -2.36. The topological polar surface area (TPSA) is 19.4 Å². The van der Waals surface area contributed by atoms with Crippen molar-refractivity contribution in [1.82, 2.24) is 4.98 Å². The minimum absolute atomic E-state index is 0.465. The second-order valence-corrected chi connectivity index (χ2v) is 17.5. The molecule has 0 radical (unpaired) electrons. The van der Waals surface area contributed by atoms with Gasteiger partial charge in [-0.1, -0.05) is 151 Å². The molecule has 0 N–H and O–H groups in total. The molecule has 4 heteroatoms. The molecule has 59 heavy (non-hydrogen) atoms. The first kappa shape index (κ1) is 43.5. The number of nitrogens with zero attached hydrogens (tertiary/aromatic N) is 3. The first-order chi connectivity index (χ1) is 28.6. The summed E-state index contributed by atoms with van der Waals surface area (Å²) in [4.78, 5) is 12.5. The predicted molar refractivity (Wildman–Crippen MR) is 260 cm³/mol. The predicted octanol–water partition coefficient (Wildman–Crippen LogP) is 16.3. The van der Waals surface area contributed by atoms with Crippen LogP contribution in [0, 0.1) is 0 Å². The fourth-order valence-corrected chi connectivity index (χ4v) is 9.43. The summed E-state index contributed by atoms with van der Waals surface area (Å²) in [5.74, 6) is 1.04. The van der Waals surface area contributed by atoms with Crippen LogP contribution in [0.5, 0.6) is 0 Å². The van der Waals surface area contributed by atoms with Gasteiger partial charge in [0, 0.05) is 49.7 Å². The van der Waals surface area contributed by atoms with Crippen molar-refractivity contribution in [1.29, 1.82) is 0 Å². The molecule has 9 rings (SSSR count). The van der Waals surface area contributed by atoms with Gasteiger partial charge in [0.25, 0.3) is 0 Å². The van der Waals surface area contributed by atoms with Crippen LogP contribution in [0.1, 0.15) is 116 Å². The maximum atomic E-state index is 4.86. The second-order valence-electron chi connectivity index (χ2n) is 16.4. The summed E-state index contributed by atoms with van der Waals surface area (Å²) >= 11 is 1.89. The first-order valence-electron chi connectivity index (χ1n) is 22.0. The molecule has 2 aliphatic heterocycles. The fourth-order valence-electron chi connectivity index (χ4n) is 8.30. The van der Waals surface area contributed by atoms with Crippen molar-refractivity contribution >= 4 is 56.2 Å². The number of hydrogen-bond acceptors (Lipinski definition) is 4. The molecule has 1 unspecified atom stereocenters. The molecule has 3 heterocycles. The number of aryl methyl sites for hydroxylation is 2. The van der Waals surface area contributed by atoms with Crippen LogP contribution in [0.3, 0.4) is 0 Å². The Hall–Kier alpha value is -5.06. The zero-order valence-corrected chi connectivity index (χ0v) is 38.2. The fraction of sp³-hybridized carbons (Fsp3) is 0.327. The van der Waals surface area contributed by atoms with Gasteiger partial charge in [0.1, 0.15) is 0 Å². The maximum Gasteiger partial charge on any atom is 0.0783 e. The van der Waals surface area contributed by atoms with Crippen molar-refractivity contribution < 1.29 is 0 Å². The van der Waals surface area contributed by atoms with Crippen molar-refractivity contribution in [2.24, 2.45) is 0 Å². The average molecular weight is 800 g/mol. The Balaban J connectivity index is 0.000000146. The third kappa shape index (κ3) is 9.55. The normalized spacial score (nSPS) is 13.9. The van der Waals surface area contributed by atoms with Gasteiger partial charge in [-0.15, -0.1) is 0 Å². The summed E-state index contributed by atoms with van der Waals surface area (Å²) < 4.78 is 0. The highest BCUT2D eigenvalue weighted by Crippen LogP contribution is 2.49. The van der Waals surface area contributed by atoms with Gasteiger partial charge >= 0.3 is 0 Å². The van der Waals surface area contributed by atoms with Crippen LogP contribution in [0.4, 0.5) is 22.7 Å². The third-order valence-corrected chi connectivity index (χ3v) is 12.4. The van der Waals surface area contributed by atoms with E-state index in [0.717, 1.165) is 24.8 Å². The van der Waals surface area contributed by atoms with Crippen molar-refractivity contribution in [3.8, 4) is 0 Å². The summed E-state index contributed by atoms with van der Waals surface area (Å²) in [7, 11) is 0. The molecule has 1 aromatic heterocycles. The van der Waals surface area contributed by atoms with E-state index in [9.17, 15) is 0 Å². The maximum absolute atomic E-state index is 4.86. The van der Waals surface area contributed by atoms with Gasteiger partial charge < -0.3 is 9.80 Å². The number of hydrogen-bond donors (Lipinski definition) is 0. The molecule has 0 saturated carbocycles. The van der Waals surface area contributed by atoms with Crippen molar-refractivity contribution in [3.63, 3.8) is 0 Å². The smallest absolute Gasteiger partial charge is 0.0783 e. The molecular formula is C55H65N3S. The number of rotatable bonds is 5. The van der Waals surface area contributed by atoms with Crippen LogP contribution in [0.15, 0.2) is 143 Å². The number of aromatic nitrogens is 1. The van der Waals surface area contributed by atoms with E-state index >= 15 is 0 Å². The lowest BCUT2D eigenvalue weighted by atomic mass is 9.94. The highest BCUT2D eigenvalue weighted by molar-refractivity contribution is 7.99. The van der Waals surface area contributed by atoms with Crippen molar-refractivity contribution in [3.05, 3.63) is 161 Å². The molecular weight excluding hydrogens is 735 g/mol. The van der Waals surface area contributed by atoms with Gasteiger partial charge in [0.2, 0.25) is 0 Å². The lowest BCUT2D eigenvalue weighted by molar-refractivity contribution is 0.766. The van der Waals surface area contributed by atoms with E-state index < -0.39 is 0 Å². The monoisotopic (exact) mass is 799 g/mol. The van der Waals surface area contributed by atoms with E-state index in [0.29, 0.717) is 23.9 Å². The van der Waals surface area contributed by atoms with E-state index in [4.69, 9.17) is 4.98 Å². The Morgan fingerprint density at radius 3 is 1.83 bits per heavy atom. The van der Waals surface area contributed by atoms with E-state index in [1.165, 1.54) is 76.6 Å². The highest BCUT2D eigenvalue weighted by Gasteiger charge is 2.26. The van der Waals surface area contributed by atoms with Gasteiger partial charge in [0.15, 0.2) is 0 Å². The Morgan fingerprint density at radius 2 is 1.14 bits per heavy atom. The van der Waals surface area contributed by atoms with Crippen LogP contribution in [-0.2, 0) is 19.3 Å². The molecule has 0 fully saturated rings. The number of fused-ring (bicyclic) bond motifs is 7. The molecule has 7 aromatic rings. The Kier molecular flexibility index (Phi) is 14.6. The summed E-state index contributed by atoms with van der Waals surface area (Å²) in [6.45, 7) is 24.2. The molecule has 0 saturated heterocycles. The van der Waals surface area contributed by atoms with Crippen LogP contribution in [-0.4, -0.2) is 17.1 Å². The minimum atomic E-state index is 0.465. The summed E-state index contributed by atoms with van der Waals surface area (Å²) in [6, 6.07) is 49.6. The molecule has 0 bridgehead atoms. The molecule has 1 atom stereocenters. The van der Waals surface area contributed by atoms with Gasteiger partial charge in [-0.25, -0.2) is 0 Å². The Morgan fingerprint density at radius 1 is 0.576 bits per heavy atom. The quantitative estimate of drug-likeness (QED) is 0.161. The van der Waals surface area contributed by atoms with E-state index in [-0.39, 0.29) is 0 Å². The molecule has 3 nitrogen and oxygen atoms in total. The zero-order valence-electron chi connectivity index (χ0n) is 37.4. The minimum Gasteiger partial charge on any atom is -0.338 e. The van der Waals surface area contributed by atoms with E-state index in [2.05, 4.69) is 206 Å². The highest BCUT2D eigenvalue weighted by atomic mass is 32.2. The van der Waals surface area contributed by atoms with Crippen molar-refractivity contribution in [2.75, 3.05) is 9.80 Å². The van der Waals surface area contributed by atoms with Crippen LogP contribution in [0.25, 0.3) is 21.7 Å². The standard InChI is InChI=1S/C18H21N.C18H19N.C17H19NS.C2H6/c1-13(2)19-17-10-6-4-8-15(17)12-14(3)16-9-5-7-11-18(16)19;1-4-13-5-9-16-15(11-13)7-6-14-8-10-17(12(2)3)19-18(14)16;1-4-13-9-10-15-17(11-13)19-16-8-6-5-7-14(16)18(15)12(2)3;1-2/h4-11,13-14H,12H2,1-3H3;2*5-12H,4H2,1-3H3;1-2H3. The lowest BCUT2D eigenvalue weighted by Crippen LogP contribution is -2.28. The number of benzene rings is 6. The van der Waals surface area contributed by atoms with E-state index in [1.807, 2.05) is 25.6 Å². The van der Waals surface area contributed by atoms with Crippen LogP contribution >= 0.6 is 11.8 Å².